The maximum atomic E-state index is 13.6. The van der Waals surface area contributed by atoms with Crippen molar-refractivity contribution in [2.75, 3.05) is 4.90 Å². The molecule has 1 amide bonds. The van der Waals surface area contributed by atoms with Crippen LogP contribution in [-0.4, -0.2) is 10.8 Å². The molecule has 0 fully saturated rings. The fourth-order valence-corrected chi connectivity index (χ4v) is 7.00. The van der Waals surface area contributed by atoms with Gasteiger partial charge in [0.15, 0.2) is 0 Å². The molecule has 0 atom stereocenters. The second-order valence-corrected chi connectivity index (χ2v) is 10.5. The number of aryl methyl sites for hydroxylation is 1. The van der Waals surface area contributed by atoms with Gasteiger partial charge in [0.05, 0.1) is 21.0 Å². The van der Waals surface area contributed by atoms with Gasteiger partial charge in [-0.25, -0.2) is 0 Å². The summed E-state index contributed by atoms with van der Waals surface area (Å²) < 4.78 is 0.725. The van der Waals surface area contributed by atoms with Crippen LogP contribution in [0.5, 0.6) is 0 Å². The SMILES string of the molecule is Cc1cc(C(=O)N2c3cc([N+](=O)[O-])ccc3-c3c(ssc3=S)C2(C)C)ccc1Cl. The van der Waals surface area contributed by atoms with E-state index in [0.29, 0.717) is 16.3 Å². The van der Waals surface area contributed by atoms with E-state index in [-0.39, 0.29) is 11.6 Å². The molecule has 148 valence electrons. The molecule has 0 saturated heterocycles. The second-order valence-electron chi connectivity index (χ2n) is 7.28. The summed E-state index contributed by atoms with van der Waals surface area (Å²) in [6.45, 7) is 5.71. The van der Waals surface area contributed by atoms with Crippen molar-refractivity contribution in [2.24, 2.45) is 0 Å². The van der Waals surface area contributed by atoms with Crippen LogP contribution >= 0.6 is 44.5 Å². The Balaban J connectivity index is 1.99. The van der Waals surface area contributed by atoms with Crippen LogP contribution in [0.3, 0.4) is 0 Å². The zero-order chi connectivity index (χ0) is 21.1. The van der Waals surface area contributed by atoms with E-state index in [1.165, 1.54) is 22.5 Å². The van der Waals surface area contributed by atoms with Crippen LogP contribution in [0.2, 0.25) is 5.02 Å². The summed E-state index contributed by atoms with van der Waals surface area (Å²) in [5, 5.41) is 12.0. The Morgan fingerprint density at radius 1 is 1.21 bits per heavy atom. The van der Waals surface area contributed by atoms with E-state index in [2.05, 4.69) is 0 Å². The number of fused-ring (bicyclic) bond motifs is 3. The van der Waals surface area contributed by atoms with Gasteiger partial charge in [0.1, 0.15) is 3.82 Å². The van der Waals surface area contributed by atoms with Crippen molar-refractivity contribution >= 4 is 61.8 Å². The van der Waals surface area contributed by atoms with Gasteiger partial charge >= 0.3 is 0 Å². The van der Waals surface area contributed by atoms with Crippen LogP contribution in [-0.2, 0) is 5.54 Å². The van der Waals surface area contributed by atoms with E-state index in [1.54, 1.807) is 39.5 Å². The largest absolute Gasteiger partial charge is 0.297 e. The van der Waals surface area contributed by atoms with Gasteiger partial charge in [-0.3, -0.25) is 19.8 Å². The van der Waals surface area contributed by atoms with E-state index in [9.17, 15) is 14.9 Å². The molecule has 4 rings (SSSR count). The molecular weight excluding hydrogens is 448 g/mol. The van der Waals surface area contributed by atoms with E-state index in [4.69, 9.17) is 23.8 Å². The van der Waals surface area contributed by atoms with Gasteiger partial charge in [-0.15, -0.1) is 0 Å². The Hall–Kier alpha value is -2.13. The number of anilines is 1. The highest BCUT2D eigenvalue weighted by molar-refractivity contribution is 7.80. The van der Waals surface area contributed by atoms with E-state index >= 15 is 0 Å². The molecule has 0 aliphatic carbocycles. The van der Waals surface area contributed by atoms with Crippen LogP contribution in [0, 0.1) is 20.9 Å². The van der Waals surface area contributed by atoms with Gasteiger partial charge in [0.2, 0.25) is 0 Å². The molecule has 0 spiro atoms. The standard InChI is InChI=1S/C20H15ClN2O3S3/c1-10-8-11(4-7-14(10)21)18(24)22-15-9-12(23(25)26)5-6-13(15)16-17(20(22,2)3)28-29-19(16)27/h4-9H,1-3H3. The first-order chi connectivity index (χ1) is 13.6. The highest BCUT2D eigenvalue weighted by atomic mass is 35.5. The Kier molecular flexibility index (Phi) is 4.85. The fraction of sp³-hybridized carbons (Fsp3) is 0.200. The van der Waals surface area contributed by atoms with Crippen LogP contribution in [0.15, 0.2) is 36.4 Å². The molecule has 2 aromatic carbocycles. The molecule has 0 unspecified atom stereocenters. The smallest absolute Gasteiger partial charge is 0.271 e. The number of halogens is 1. The highest BCUT2D eigenvalue weighted by Gasteiger charge is 2.43. The first kappa shape index (κ1) is 20.2. The van der Waals surface area contributed by atoms with Crippen molar-refractivity contribution in [3.8, 4) is 11.1 Å². The summed E-state index contributed by atoms with van der Waals surface area (Å²) in [5.41, 5.74) is 2.59. The van der Waals surface area contributed by atoms with Gasteiger partial charge in [-0.1, -0.05) is 44.5 Å². The average Bonchev–Trinajstić information content (AvgIpc) is 3.06. The number of nitro groups is 1. The van der Waals surface area contributed by atoms with E-state index in [1.807, 2.05) is 20.8 Å². The third-order valence-corrected chi connectivity index (χ3v) is 8.81. The number of amides is 1. The van der Waals surface area contributed by atoms with Crippen LogP contribution in [0.25, 0.3) is 11.1 Å². The molecule has 1 aromatic heterocycles. The summed E-state index contributed by atoms with van der Waals surface area (Å²) in [7, 11) is 3.02. The predicted octanol–water partition coefficient (Wildman–Crippen LogP) is 6.97. The molecule has 29 heavy (non-hydrogen) atoms. The Labute approximate surface area is 184 Å². The van der Waals surface area contributed by atoms with Gasteiger partial charge in [0.25, 0.3) is 11.6 Å². The third kappa shape index (κ3) is 3.11. The molecule has 0 saturated carbocycles. The topological polar surface area (TPSA) is 63.5 Å². The minimum atomic E-state index is -0.722. The Morgan fingerprint density at radius 3 is 2.59 bits per heavy atom. The van der Waals surface area contributed by atoms with Crippen molar-refractivity contribution in [1.29, 1.82) is 0 Å². The Bertz CT molecular complexity index is 1250. The molecule has 9 heteroatoms. The van der Waals surface area contributed by atoms with E-state index in [0.717, 1.165) is 25.4 Å². The van der Waals surface area contributed by atoms with Crippen molar-refractivity contribution in [1.82, 2.24) is 0 Å². The van der Waals surface area contributed by atoms with Crippen molar-refractivity contribution in [3.05, 3.63) is 71.4 Å². The van der Waals surface area contributed by atoms with Crippen LogP contribution in [0.1, 0.15) is 34.6 Å². The monoisotopic (exact) mass is 462 g/mol. The van der Waals surface area contributed by atoms with Gasteiger partial charge in [0, 0.05) is 33.8 Å². The molecule has 0 radical (unpaired) electrons. The van der Waals surface area contributed by atoms with Crippen molar-refractivity contribution in [2.45, 2.75) is 26.3 Å². The lowest BCUT2D eigenvalue weighted by molar-refractivity contribution is -0.384. The number of carbonyl (C=O) groups is 1. The van der Waals surface area contributed by atoms with Gasteiger partial charge < -0.3 is 0 Å². The number of hydrogen-bond acceptors (Lipinski definition) is 6. The fourth-order valence-electron chi connectivity index (χ4n) is 3.60. The first-order valence-electron chi connectivity index (χ1n) is 8.66. The lowest BCUT2D eigenvalue weighted by atomic mass is 9.86. The molecule has 5 nitrogen and oxygen atoms in total. The van der Waals surface area contributed by atoms with Gasteiger partial charge in [-0.2, -0.15) is 0 Å². The summed E-state index contributed by atoms with van der Waals surface area (Å²) in [6, 6.07) is 9.70. The zero-order valence-electron chi connectivity index (χ0n) is 15.7. The molecule has 1 aliphatic heterocycles. The van der Waals surface area contributed by atoms with E-state index < -0.39 is 10.5 Å². The molecular formula is C20H15ClN2O3S3. The molecule has 3 aromatic rings. The second kappa shape index (κ2) is 6.98. The molecule has 2 heterocycles. The predicted molar refractivity (Wildman–Crippen MR) is 121 cm³/mol. The third-order valence-electron chi connectivity index (χ3n) is 5.06. The number of non-ortho nitro benzene ring substituents is 1. The Morgan fingerprint density at radius 2 is 1.93 bits per heavy atom. The summed E-state index contributed by atoms with van der Waals surface area (Å²) in [6.07, 6.45) is 0. The number of rotatable bonds is 2. The van der Waals surface area contributed by atoms with Crippen molar-refractivity contribution < 1.29 is 9.72 Å². The number of nitro benzene ring substituents is 1. The van der Waals surface area contributed by atoms with Gasteiger partial charge in [-0.05, 0) is 50.6 Å². The lowest BCUT2D eigenvalue weighted by Crippen LogP contribution is -2.47. The quantitative estimate of drug-likeness (QED) is 0.178. The van der Waals surface area contributed by atoms with Crippen LogP contribution in [0.4, 0.5) is 11.4 Å². The minimum Gasteiger partial charge on any atom is -0.297 e. The number of carbonyl (C=O) groups excluding carboxylic acids is 1. The average molecular weight is 463 g/mol. The number of hydrogen-bond donors (Lipinski definition) is 0. The molecule has 1 aliphatic rings. The molecule has 0 N–H and O–H groups in total. The van der Waals surface area contributed by atoms with Crippen LogP contribution < -0.4 is 4.90 Å². The van der Waals surface area contributed by atoms with Crippen molar-refractivity contribution in [3.63, 3.8) is 0 Å². The normalized spacial score (nSPS) is 14.3. The maximum absolute atomic E-state index is 13.6. The summed E-state index contributed by atoms with van der Waals surface area (Å²) in [4.78, 5) is 27.2. The first-order valence-corrected chi connectivity index (χ1v) is 11.6. The number of benzene rings is 2. The molecule has 0 bridgehead atoms. The number of nitrogens with zero attached hydrogens (tertiary/aromatic N) is 2. The summed E-state index contributed by atoms with van der Waals surface area (Å²) >= 11 is 11.7. The lowest BCUT2D eigenvalue weighted by Gasteiger charge is -2.42. The zero-order valence-corrected chi connectivity index (χ0v) is 18.9. The highest BCUT2D eigenvalue weighted by Crippen LogP contribution is 2.53. The minimum absolute atomic E-state index is 0.0714. The summed E-state index contributed by atoms with van der Waals surface area (Å²) in [5.74, 6) is -0.244. The maximum Gasteiger partial charge on any atom is 0.271 e.